The van der Waals surface area contributed by atoms with Gasteiger partial charge in [-0.2, -0.15) is 12.6 Å². The van der Waals surface area contributed by atoms with E-state index in [9.17, 15) is 10.2 Å². The lowest BCUT2D eigenvalue weighted by Gasteiger charge is -2.16. The number of thiol groups is 1. The highest BCUT2D eigenvalue weighted by Crippen LogP contribution is 2.21. The first-order valence-electron chi connectivity index (χ1n) is 4.26. The molecule has 0 aliphatic carbocycles. The average molecular weight is 215 g/mol. The van der Waals surface area contributed by atoms with Crippen molar-refractivity contribution in [1.29, 1.82) is 0 Å². The van der Waals surface area contributed by atoms with Crippen LogP contribution in [-0.2, 0) is 0 Å². The Morgan fingerprint density at radius 2 is 2.07 bits per heavy atom. The third-order valence-corrected chi connectivity index (χ3v) is 2.13. The summed E-state index contributed by atoms with van der Waals surface area (Å²) in [4.78, 5) is 3.71. The Morgan fingerprint density at radius 3 is 2.64 bits per heavy atom. The largest absolute Gasteiger partial charge is 0.506 e. The molecule has 2 unspecified atom stereocenters. The van der Waals surface area contributed by atoms with Gasteiger partial charge in [-0.1, -0.05) is 0 Å². The molecule has 5 heteroatoms. The number of hydrogen-bond acceptors (Lipinski definition) is 5. The van der Waals surface area contributed by atoms with Crippen molar-refractivity contribution >= 4 is 12.6 Å². The van der Waals surface area contributed by atoms with E-state index in [1.54, 1.807) is 0 Å². The number of aliphatic hydroxyl groups excluding tert-OH is 2. The first-order valence-corrected chi connectivity index (χ1v) is 4.89. The number of nitrogens with zero attached hydrogens (tertiary/aromatic N) is 1. The number of hydrogen-bond donors (Lipinski definition) is 4. The van der Waals surface area contributed by atoms with Crippen LogP contribution in [0.15, 0.2) is 18.5 Å². The predicted octanol–water partition coefficient (Wildman–Crippen LogP) is 0.501. The lowest BCUT2D eigenvalue weighted by Crippen LogP contribution is -2.18. The van der Waals surface area contributed by atoms with Crippen LogP contribution in [-0.4, -0.2) is 32.2 Å². The number of aromatic nitrogens is 1. The highest BCUT2D eigenvalue weighted by Gasteiger charge is 2.17. The quantitative estimate of drug-likeness (QED) is 0.552. The summed E-state index contributed by atoms with van der Waals surface area (Å²) in [6, 6.07) is 1.37. The average Bonchev–Trinajstić information content (AvgIpc) is 2.17. The lowest BCUT2D eigenvalue weighted by atomic mass is 10.0. The van der Waals surface area contributed by atoms with Crippen molar-refractivity contribution in [2.24, 2.45) is 0 Å². The maximum Gasteiger partial charge on any atom is 0.134 e. The SMILES string of the molecule is Oc1cncc(C(O)C(O)CCS)c1. The monoisotopic (exact) mass is 215 g/mol. The molecule has 4 nitrogen and oxygen atoms in total. The van der Waals surface area contributed by atoms with Gasteiger partial charge in [-0.3, -0.25) is 4.98 Å². The van der Waals surface area contributed by atoms with Gasteiger partial charge in [0.2, 0.25) is 0 Å². The predicted molar refractivity (Wildman–Crippen MR) is 55.3 cm³/mol. The molecular weight excluding hydrogens is 202 g/mol. The van der Waals surface area contributed by atoms with Crippen LogP contribution in [0.5, 0.6) is 5.75 Å². The number of rotatable bonds is 4. The van der Waals surface area contributed by atoms with Gasteiger partial charge < -0.3 is 15.3 Å². The van der Waals surface area contributed by atoms with Crippen molar-refractivity contribution in [3.05, 3.63) is 24.0 Å². The molecule has 1 aromatic rings. The van der Waals surface area contributed by atoms with Crippen LogP contribution in [0, 0.1) is 0 Å². The van der Waals surface area contributed by atoms with Crippen LogP contribution in [0.2, 0.25) is 0 Å². The summed E-state index contributed by atoms with van der Waals surface area (Å²) < 4.78 is 0. The van der Waals surface area contributed by atoms with Gasteiger partial charge in [0.05, 0.1) is 12.3 Å². The van der Waals surface area contributed by atoms with Crippen LogP contribution in [0.1, 0.15) is 18.1 Å². The van der Waals surface area contributed by atoms with E-state index in [4.69, 9.17) is 5.11 Å². The van der Waals surface area contributed by atoms with Crippen LogP contribution in [0.3, 0.4) is 0 Å². The maximum absolute atomic E-state index is 9.61. The number of aromatic hydroxyl groups is 1. The molecule has 1 aromatic heterocycles. The van der Waals surface area contributed by atoms with Crippen molar-refractivity contribution in [3.8, 4) is 5.75 Å². The van der Waals surface area contributed by atoms with E-state index in [2.05, 4.69) is 17.6 Å². The Balaban J connectivity index is 2.73. The summed E-state index contributed by atoms with van der Waals surface area (Å²) in [5, 5.41) is 28.2. The van der Waals surface area contributed by atoms with Crippen LogP contribution >= 0.6 is 12.6 Å². The van der Waals surface area contributed by atoms with E-state index in [-0.39, 0.29) is 5.75 Å². The smallest absolute Gasteiger partial charge is 0.134 e. The highest BCUT2D eigenvalue weighted by molar-refractivity contribution is 7.80. The molecule has 0 bridgehead atoms. The van der Waals surface area contributed by atoms with Crippen molar-refractivity contribution in [3.63, 3.8) is 0 Å². The lowest BCUT2D eigenvalue weighted by molar-refractivity contribution is 0.0169. The van der Waals surface area contributed by atoms with Crippen molar-refractivity contribution in [1.82, 2.24) is 4.98 Å². The first-order chi connectivity index (χ1) is 6.65. The molecule has 0 amide bonds. The van der Waals surface area contributed by atoms with Crippen molar-refractivity contribution in [2.75, 3.05) is 5.75 Å². The molecule has 0 saturated carbocycles. The second-order valence-electron chi connectivity index (χ2n) is 3.00. The standard InChI is InChI=1S/C9H13NO3S/c11-7-3-6(4-10-5-7)9(13)8(12)1-2-14/h3-5,8-9,11-14H,1-2H2. The van der Waals surface area contributed by atoms with Gasteiger partial charge in [-0.25, -0.2) is 0 Å². The zero-order chi connectivity index (χ0) is 10.6. The molecule has 3 N–H and O–H groups in total. The Kier molecular flexibility index (Phi) is 4.19. The third kappa shape index (κ3) is 2.87. The van der Waals surface area contributed by atoms with Crippen molar-refractivity contribution < 1.29 is 15.3 Å². The number of aliphatic hydroxyl groups is 2. The van der Waals surface area contributed by atoms with Gasteiger partial charge in [0, 0.05) is 11.8 Å². The minimum Gasteiger partial charge on any atom is -0.506 e. The van der Waals surface area contributed by atoms with E-state index in [1.165, 1.54) is 18.5 Å². The topological polar surface area (TPSA) is 73.6 Å². The highest BCUT2D eigenvalue weighted by atomic mass is 32.1. The molecule has 0 spiro atoms. The Hall–Kier alpha value is -0.780. The van der Waals surface area contributed by atoms with Crippen LogP contribution in [0.25, 0.3) is 0 Å². The molecule has 1 rings (SSSR count). The summed E-state index contributed by atoms with van der Waals surface area (Å²) in [6.45, 7) is 0. The summed E-state index contributed by atoms with van der Waals surface area (Å²) in [7, 11) is 0. The first kappa shape index (κ1) is 11.3. The summed E-state index contributed by atoms with van der Waals surface area (Å²) >= 11 is 3.95. The molecule has 78 valence electrons. The zero-order valence-corrected chi connectivity index (χ0v) is 8.43. The van der Waals surface area contributed by atoms with Gasteiger partial charge >= 0.3 is 0 Å². The van der Waals surface area contributed by atoms with Gasteiger partial charge in [-0.05, 0) is 18.2 Å². The fraction of sp³-hybridized carbons (Fsp3) is 0.444. The van der Waals surface area contributed by atoms with Gasteiger partial charge in [0.25, 0.3) is 0 Å². The van der Waals surface area contributed by atoms with Gasteiger partial charge in [0.1, 0.15) is 11.9 Å². The summed E-state index contributed by atoms with van der Waals surface area (Å²) in [5.41, 5.74) is 0.402. The molecular formula is C9H13NO3S. The minimum atomic E-state index is -1.03. The second kappa shape index (κ2) is 5.19. The zero-order valence-electron chi connectivity index (χ0n) is 7.54. The van der Waals surface area contributed by atoms with Crippen LogP contribution < -0.4 is 0 Å². The van der Waals surface area contributed by atoms with Crippen molar-refractivity contribution in [2.45, 2.75) is 18.6 Å². The van der Waals surface area contributed by atoms with E-state index in [0.29, 0.717) is 17.7 Å². The van der Waals surface area contributed by atoms with Gasteiger partial charge in [-0.15, -0.1) is 0 Å². The fourth-order valence-corrected chi connectivity index (χ4v) is 1.38. The minimum absolute atomic E-state index is 0.0281. The Morgan fingerprint density at radius 1 is 1.36 bits per heavy atom. The molecule has 0 fully saturated rings. The van der Waals surface area contributed by atoms with E-state index in [1.807, 2.05) is 0 Å². The van der Waals surface area contributed by atoms with Crippen LogP contribution in [0.4, 0.5) is 0 Å². The summed E-state index contributed by atoms with van der Waals surface area (Å²) in [6.07, 6.45) is 1.16. The molecule has 0 aliphatic rings. The molecule has 0 aliphatic heterocycles. The van der Waals surface area contributed by atoms with E-state index >= 15 is 0 Å². The third-order valence-electron chi connectivity index (χ3n) is 1.88. The normalized spacial score (nSPS) is 15.1. The molecule has 2 atom stereocenters. The van der Waals surface area contributed by atoms with E-state index in [0.717, 1.165) is 0 Å². The van der Waals surface area contributed by atoms with E-state index < -0.39 is 12.2 Å². The fourth-order valence-electron chi connectivity index (χ4n) is 1.12. The summed E-state index contributed by atoms with van der Waals surface area (Å²) in [5.74, 6) is 0.462. The maximum atomic E-state index is 9.61. The molecule has 1 heterocycles. The Bertz CT molecular complexity index is 295. The molecule has 0 saturated heterocycles. The second-order valence-corrected chi connectivity index (χ2v) is 3.45. The Labute approximate surface area is 87.6 Å². The molecule has 0 radical (unpaired) electrons. The number of pyridine rings is 1. The van der Waals surface area contributed by atoms with Gasteiger partial charge in [0.15, 0.2) is 0 Å². The molecule has 0 aromatic carbocycles. The molecule has 14 heavy (non-hydrogen) atoms.